The number of fused-ring (bicyclic) bond motifs is 1. The van der Waals surface area contributed by atoms with E-state index in [1.165, 1.54) is 5.56 Å². The van der Waals surface area contributed by atoms with E-state index in [4.69, 9.17) is 0 Å². The number of benzene rings is 1. The molecule has 176 valence electrons. The molecule has 0 aliphatic carbocycles. The number of piperidine rings is 1. The molecule has 0 saturated carbocycles. The Morgan fingerprint density at radius 3 is 2.42 bits per heavy atom. The van der Waals surface area contributed by atoms with Crippen molar-refractivity contribution in [3.05, 3.63) is 52.3 Å². The zero-order valence-electron chi connectivity index (χ0n) is 19.6. The van der Waals surface area contributed by atoms with E-state index in [1.807, 2.05) is 43.1 Å². The molecule has 2 aromatic rings. The zero-order chi connectivity index (χ0) is 23.4. The van der Waals surface area contributed by atoms with Gasteiger partial charge < -0.3 is 15.1 Å². The Kier molecular flexibility index (Phi) is 7.11. The van der Waals surface area contributed by atoms with Gasteiger partial charge in [-0.1, -0.05) is 29.8 Å². The van der Waals surface area contributed by atoms with Crippen LogP contribution in [0, 0.1) is 6.92 Å². The summed E-state index contributed by atoms with van der Waals surface area (Å²) < 4.78 is 1.78. The second kappa shape index (κ2) is 10.2. The van der Waals surface area contributed by atoms with Crippen LogP contribution in [0.3, 0.4) is 0 Å². The van der Waals surface area contributed by atoms with Gasteiger partial charge in [0.05, 0.1) is 0 Å². The molecule has 1 N–H and O–H groups in total. The monoisotopic (exact) mass is 451 g/mol. The van der Waals surface area contributed by atoms with E-state index in [0.29, 0.717) is 31.7 Å². The van der Waals surface area contributed by atoms with Gasteiger partial charge in [0, 0.05) is 70.3 Å². The summed E-state index contributed by atoms with van der Waals surface area (Å²) in [7, 11) is 1.86. The van der Waals surface area contributed by atoms with E-state index in [9.17, 15) is 14.4 Å². The first-order valence-electron chi connectivity index (χ1n) is 11.9. The van der Waals surface area contributed by atoms with Crippen molar-refractivity contribution in [2.75, 3.05) is 19.6 Å². The number of rotatable bonds is 6. The fraction of sp³-hybridized carbons (Fsp3) is 0.520. The molecule has 1 aromatic heterocycles. The first kappa shape index (κ1) is 23.0. The summed E-state index contributed by atoms with van der Waals surface area (Å²) in [4.78, 5) is 41.8. The van der Waals surface area contributed by atoms with Gasteiger partial charge in [0.1, 0.15) is 0 Å². The van der Waals surface area contributed by atoms with Crippen LogP contribution in [-0.2, 0) is 36.1 Å². The van der Waals surface area contributed by atoms with Gasteiger partial charge in [0.15, 0.2) is 5.69 Å². The topological polar surface area (TPSA) is 87.5 Å². The molecule has 0 unspecified atom stereocenters. The first-order chi connectivity index (χ1) is 15.9. The molecule has 33 heavy (non-hydrogen) atoms. The van der Waals surface area contributed by atoms with Gasteiger partial charge in [-0.3, -0.25) is 19.1 Å². The molecular weight excluding hydrogens is 418 g/mol. The van der Waals surface area contributed by atoms with Crippen LogP contribution in [0.5, 0.6) is 0 Å². The minimum absolute atomic E-state index is 0.0312. The van der Waals surface area contributed by atoms with Crippen molar-refractivity contribution >= 4 is 17.7 Å². The van der Waals surface area contributed by atoms with Gasteiger partial charge in [-0.15, -0.1) is 0 Å². The molecule has 2 aliphatic heterocycles. The van der Waals surface area contributed by atoms with Crippen LogP contribution in [0.15, 0.2) is 24.3 Å². The van der Waals surface area contributed by atoms with Crippen LogP contribution in [-0.4, -0.2) is 56.9 Å². The first-order valence-corrected chi connectivity index (χ1v) is 11.9. The maximum absolute atomic E-state index is 13.1. The van der Waals surface area contributed by atoms with Crippen LogP contribution in [0.4, 0.5) is 0 Å². The Bertz CT molecular complexity index is 1020. The van der Waals surface area contributed by atoms with Gasteiger partial charge >= 0.3 is 0 Å². The van der Waals surface area contributed by atoms with Gasteiger partial charge in [-0.25, -0.2) is 0 Å². The van der Waals surface area contributed by atoms with Crippen molar-refractivity contribution in [3.63, 3.8) is 0 Å². The number of nitrogens with zero attached hydrogens (tertiary/aromatic N) is 4. The van der Waals surface area contributed by atoms with E-state index in [0.717, 1.165) is 49.2 Å². The highest BCUT2D eigenvalue weighted by Gasteiger charge is 2.31. The molecular formula is C25H33N5O3. The lowest BCUT2D eigenvalue weighted by atomic mass is 10.0. The number of carbonyl (C=O) groups is 3. The number of hydrogen-bond acceptors (Lipinski definition) is 4. The van der Waals surface area contributed by atoms with Crippen LogP contribution >= 0.6 is 0 Å². The zero-order valence-corrected chi connectivity index (χ0v) is 19.6. The van der Waals surface area contributed by atoms with Gasteiger partial charge in [0.25, 0.3) is 5.91 Å². The summed E-state index contributed by atoms with van der Waals surface area (Å²) in [6.45, 7) is 4.97. The molecule has 0 spiro atoms. The highest BCUT2D eigenvalue weighted by molar-refractivity contribution is 5.94. The lowest BCUT2D eigenvalue weighted by Gasteiger charge is -2.29. The largest absolute Gasteiger partial charge is 0.352 e. The minimum Gasteiger partial charge on any atom is -0.352 e. The SMILES string of the molecule is Cc1ccc(CNC(=O)CCC(=O)N2CCc3c(c(C(=O)N4CCCCC4)nn3C)C2)cc1. The fourth-order valence-electron chi connectivity index (χ4n) is 4.60. The third kappa shape index (κ3) is 5.43. The number of carbonyl (C=O) groups excluding carboxylic acids is 3. The Labute approximate surface area is 194 Å². The molecule has 3 amide bonds. The molecule has 0 radical (unpaired) electrons. The van der Waals surface area contributed by atoms with Crippen LogP contribution in [0.2, 0.25) is 0 Å². The Balaban J connectivity index is 1.32. The molecule has 8 nitrogen and oxygen atoms in total. The molecule has 0 bridgehead atoms. The maximum Gasteiger partial charge on any atom is 0.274 e. The smallest absolute Gasteiger partial charge is 0.274 e. The molecule has 0 atom stereocenters. The molecule has 1 aromatic carbocycles. The number of aromatic nitrogens is 2. The summed E-state index contributed by atoms with van der Waals surface area (Å²) in [6.07, 6.45) is 4.18. The lowest BCUT2D eigenvalue weighted by molar-refractivity contribution is -0.134. The number of hydrogen-bond donors (Lipinski definition) is 1. The minimum atomic E-state index is -0.135. The summed E-state index contributed by atoms with van der Waals surface area (Å²) in [5, 5.41) is 7.40. The van der Waals surface area contributed by atoms with Crippen molar-refractivity contribution in [1.29, 1.82) is 0 Å². The summed E-state index contributed by atoms with van der Waals surface area (Å²) >= 11 is 0. The number of nitrogens with one attached hydrogen (secondary N) is 1. The third-order valence-corrected chi connectivity index (χ3v) is 6.62. The lowest BCUT2D eigenvalue weighted by Crippen LogP contribution is -2.39. The van der Waals surface area contributed by atoms with E-state index in [-0.39, 0.29) is 30.6 Å². The third-order valence-electron chi connectivity index (χ3n) is 6.62. The fourth-order valence-corrected chi connectivity index (χ4v) is 4.60. The molecule has 3 heterocycles. The second-order valence-corrected chi connectivity index (χ2v) is 9.08. The molecule has 2 aliphatic rings. The van der Waals surface area contributed by atoms with E-state index >= 15 is 0 Å². The highest BCUT2D eigenvalue weighted by Crippen LogP contribution is 2.25. The standard InChI is InChI=1S/C25H33N5O3/c1-18-6-8-19(9-7-18)16-26-22(31)10-11-23(32)30-15-12-21-20(17-30)24(27-28(21)2)25(33)29-13-4-3-5-14-29/h6-9H,3-5,10-17H2,1-2H3,(H,26,31). The number of likely N-dealkylation sites (tertiary alicyclic amines) is 1. The van der Waals surface area contributed by atoms with Crippen LogP contribution < -0.4 is 5.32 Å². The quantitative estimate of drug-likeness (QED) is 0.730. The summed E-state index contributed by atoms with van der Waals surface area (Å²) in [6, 6.07) is 8.00. The number of amides is 3. The average molecular weight is 452 g/mol. The van der Waals surface area contributed by atoms with E-state index in [2.05, 4.69) is 10.4 Å². The van der Waals surface area contributed by atoms with Crippen molar-refractivity contribution in [1.82, 2.24) is 24.9 Å². The van der Waals surface area contributed by atoms with E-state index in [1.54, 1.807) is 9.58 Å². The predicted octanol–water partition coefficient (Wildman–Crippen LogP) is 2.34. The van der Waals surface area contributed by atoms with Gasteiger partial charge in [0.2, 0.25) is 11.8 Å². The Hall–Kier alpha value is -3.16. The molecule has 1 saturated heterocycles. The van der Waals surface area contributed by atoms with E-state index < -0.39 is 0 Å². The van der Waals surface area contributed by atoms with Crippen molar-refractivity contribution in [3.8, 4) is 0 Å². The van der Waals surface area contributed by atoms with Crippen molar-refractivity contribution in [2.24, 2.45) is 7.05 Å². The normalized spacial score (nSPS) is 15.8. The maximum atomic E-state index is 13.1. The summed E-state index contributed by atoms with van der Waals surface area (Å²) in [5.41, 5.74) is 4.57. The average Bonchev–Trinajstić information content (AvgIpc) is 3.18. The highest BCUT2D eigenvalue weighted by atomic mass is 16.2. The number of aryl methyl sites for hydroxylation is 2. The molecule has 8 heteroatoms. The van der Waals surface area contributed by atoms with Gasteiger partial charge in [-0.05, 0) is 31.7 Å². The second-order valence-electron chi connectivity index (χ2n) is 9.08. The Morgan fingerprint density at radius 2 is 1.70 bits per heavy atom. The van der Waals surface area contributed by atoms with Crippen LogP contribution in [0.25, 0.3) is 0 Å². The predicted molar refractivity (Wildman–Crippen MR) is 124 cm³/mol. The van der Waals surface area contributed by atoms with Crippen molar-refractivity contribution < 1.29 is 14.4 Å². The van der Waals surface area contributed by atoms with Crippen LogP contribution in [0.1, 0.15) is 65.0 Å². The molecule has 1 fully saturated rings. The van der Waals surface area contributed by atoms with Crippen molar-refractivity contribution in [2.45, 2.75) is 58.5 Å². The molecule has 4 rings (SSSR count). The Morgan fingerprint density at radius 1 is 0.970 bits per heavy atom. The summed E-state index contributed by atoms with van der Waals surface area (Å²) in [5.74, 6) is -0.230. The van der Waals surface area contributed by atoms with Gasteiger partial charge in [-0.2, -0.15) is 5.10 Å².